The zero-order valence-corrected chi connectivity index (χ0v) is 14.4. The van der Waals surface area contributed by atoms with Crippen molar-refractivity contribution in [3.8, 4) is 5.75 Å². The minimum Gasteiger partial charge on any atom is -0.492 e. The van der Waals surface area contributed by atoms with Crippen molar-refractivity contribution in [3.05, 3.63) is 42.1 Å². The van der Waals surface area contributed by atoms with Crippen molar-refractivity contribution in [1.82, 2.24) is 25.3 Å². The predicted octanol–water partition coefficient (Wildman–Crippen LogP) is 1.28. The van der Waals surface area contributed by atoms with Gasteiger partial charge >= 0.3 is 6.03 Å². The first kappa shape index (κ1) is 17.2. The van der Waals surface area contributed by atoms with Gasteiger partial charge in [0.2, 0.25) is 11.8 Å². The average molecular weight is 345 g/mol. The number of nitrogens with one attached hydrogen (secondary N) is 1. The van der Waals surface area contributed by atoms with Crippen molar-refractivity contribution in [2.75, 3.05) is 39.3 Å². The van der Waals surface area contributed by atoms with E-state index in [-0.39, 0.29) is 12.6 Å². The van der Waals surface area contributed by atoms with Crippen LogP contribution in [0.25, 0.3) is 0 Å². The maximum absolute atomic E-state index is 12.2. The highest BCUT2D eigenvalue weighted by atomic mass is 16.5. The molecule has 1 aliphatic rings. The van der Waals surface area contributed by atoms with Crippen LogP contribution in [0.1, 0.15) is 11.8 Å². The van der Waals surface area contributed by atoms with Crippen molar-refractivity contribution < 1.29 is 13.9 Å². The third-order valence-electron chi connectivity index (χ3n) is 4.04. The second kappa shape index (κ2) is 8.48. The fourth-order valence-electron chi connectivity index (χ4n) is 2.66. The Morgan fingerprint density at radius 3 is 2.64 bits per heavy atom. The Morgan fingerprint density at radius 1 is 1.20 bits per heavy atom. The lowest BCUT2D eigenvalue weighted by molar-refractivity contribution is 0.125. The molecule has 8 heteroatoms. The fourth-order valence-corrected chi connectivity index (χ4v) is 2.66. The molecule has 1 aliphatic heterocycles. The minimum absolute atomic E-state index is 0.101. The second-order valence-electron chi connectivity index (χ2n) is 5.86. The highest BCUT2D eigenvalue weighted by molar-refractivity contribution is 5.74. The molecule has 1 fully saturated rings. The number of carbonyl (C=O) groups excluding carboxylic acids is 1. The van der Waals surface area contributed by atoms with E-state index in [1.807, 2.05) is 30.3 Å². The first-order chi connectivity index (χ1) is 12.2. The third-order valence-corrected chi connectivity index (χ3v) is 4.04. The molecule has 0 aliphatic carbocycles. The maximum Gasteiger partial charge on any atom is 0.317 e. The number of hydrogen-bond acceptors (Lipinski definition) is 6. The molecule has 2 aromatic rings. The topological polar surface area (TPSA) is 83.7 Å². The fraction of sp³-hybridized carbons (Fsp3) is 0.471. The molecule has 1 aromatic heterocycles. The minimum atomic E-state index is -0.101. The Hall–Kier alpha value is -2.61. The molecule has 0 atom stereocenters. The van der Waals surface area contributed by atoms with Gasteiger partial charge in [-0.05, 0) is 12.1 Å². The van der Waals surface area contributed by atoms with Crippen molar-refractivity contribution in [2.45, 2.75) is 13.5 Å². The van der Waals surface area contributed by atoms with Crippen molar-refractivity contribution in [1.29, 1.82) is 0 Å². The summed E-state index contributed by atoms with van der Waals surface area (Å²) >= 11 is 0. The molecule has 0 unspecified atom stereocenters. The van der Waals surface area contributed by atoms with E-state index in [1.165, 1.54) is 0 Å². The van der Waals surface area contributed by atoms with Crippen LogP contribution in [0, 0.1) is 6.92 Å². The van der Waals surface area contributed by atoms with Crippen LogP contribution in [0.2, 0.25) is 0 Å². The molecule has 25 heavy (non-hydrogen) atoms. The SMILES string of the molecule is Cc1nnc(CNC(=O)N2CCN(CCOc3ccccc3)CC2)o1. The van der Waals surface area contributed by atoms with Crippen LogP contribution in [-0.4, -0.2) is 65.4 Å². The number of ether oxygens (including phenoxy) is 1. The summed E-state index contributed by atoms with van der Waals surface area (Å²) in [7, 11) is 0. The van der Waals surface area contributed by atoms with E-state index in [1.54, 1.807) is 11.8 Å². The van der Waals surface area contributed by atoms with Crippen LogP contribution >= 0.6 is 0 Å². The number of amides is 2. The first-order valence-electron chi connectivity index (χ1n) is 8.42. The largest absolute Gasteiger partial charge is 0.492 e. The maximum atomic E-state index is 12.2. The van der Waals surface area contributed by atoms with Gasteiger partial charge in [-0.1, -0.05) is 18.2 Å². The number of aryl methyl sites for hydroxylation is 1. The Kier molecular flexibility index (Phi) is 5.84. The zero-order chi connectivity index (χ0) is 17.5. The number of hydrogen-bond donors (Lipinski definition) is 1. The number of piperazine rings is 1. The molecule has 3 rings (SSSR count). The molecule has 2 heterocycles. The van der Waals surface area contributed by atoms with Gasteiger partial charge in [-0.15, -0.1) is 10.2 Å². The lowest BCUT2D eigenvalue weighted by Crippen LogP contribution is -2.52. The number of carbonyl (C=O) groups is 1. The van der Waals surface area contributed by atoms with Gasteiger partial charge in [-0.25, -0.2) is 4.79 Å². The lowest BCUT2D eigenvalue weighted by Gasteiger charge is -2.34. The van der Waals surface area contributed by atoms with Gasteiger partial charge in [-0.3, -0.25) is 4.90 Å². The summed E-state index contributed by atoms with van der Waals surface area (Å²) in [5, 5.41) is 10.4. The van der Waals surface area contributed by atoms with Gasteiger partial charge in [0, 0.05) is 39.6 Å². The predicted molar refractivity (Wildman–Crippen MR) is 91.2 cm³/mol. The van der Waals surface area contributed by atoms with Crippen molar-refractivity contribution >= 4 is 6.03 Å². The standard InChI is InChI=1S/C17H23N5O3/c1-14-19-20-16(25-14)13-18-17(23)22-9-7-21(8-10-22)11-12-24-15-5-3-2-4-6-15/h2-6H,7-13H2,1H3,(H,18,23). The van der Waals surface area contributed by atoms with E-state index in [0.29, 0.717) is 31.5 Å². The molecule has 0 saturated carbocycles. The number of benzene rings is 1. The van der Waals surface area contributed by atoms with Crippen LogP contribution in [-0.2, 0) is 6.54 Å². The van der Waals surface area contributed by atoms with Gasteiger partial charge in [0.25, 0.3) is 0 Å². The van der Waals surface area contributed by atoms with E-state index in [9.17, 15) is 4.79 Å². The summed E-state index contributed by atoms with van der Waals surface area (Å²) in [4.78, 5) is 16.3. The van der Waals surface area contributed by atoms with E-state index in [4.69, 9.17) is 9.15 Å². The Bertz CT molecular complexity index is 668. The number of rotatable bonds is 6. The smallest absolute Gasteiger partial charge is 0.317 e. The molecular weight excluding hydrogens is 322 g/mol. The Labute approximate surface area is 146 Å². The average Bonchev–Trinajstić information content (AvgIpc) is 3.06. The highest BCUT2D eigenvalue weighted by Crippen LogP contribution is 2.09. The van der Waals surface area contributed by atoms with Crippen molar-refractivity contribution in [3.63, 3.8) is 0 Å². The number of para-hydroxylation sites is 1. The zero-order valence-electron chi connectivity index (χ0n) is 14.4. The number of nitrogens with zero attached hydrogens (tertiary/aromatic N) is 4. The van der Waals surface area contributed by atoms with E-state index in [2.05, 4.69) is 20.4 Å². The number of aromatic nitrogens is 2. The summed E-state index contributed by atoms with van der Waals surface area (Å²) in [6.07, 6.45) is 0. The summed E-state index contributed by atoms with van der Waals surface area (Å²) in [6.45, 7) is 6.54. The second-order valence-corrected chi connectivity index (χ2v) is 5.86. The van der Waals surface area contributed by atoms with Gasteiger partial charge < -0.3 is 19.4 Å². The summed E-state index contributed by atoms with van der Waals surface area (Å²) in [5.74, 6) is 1.80. The van der Waals surface area contributed by atoms with Crippen LogP contribution in [0.15, 0.2) is 34.7 Å². The normalized spacial score (nSPS) is 15.2. The quantitative estimate of drug-likeness (QED) is 0.849. The summed E-state index contributed by atoms with van der Waals surface area (Å²) in [6, 6.07) is 9.69. The molecule has 8 nitrogen and oxygen atoms in total. The van der Waals surface area contributed by atoms with Crippen LogP contribution in [0.4, 0.5) is 4.79 Å². The third kappa shape index (κ3) is 5.18. The van der Waals surface area contributed by atoms with E-state index < -0.39 is 0 Å². The van der Waals surface area contributed by atoms with Gasteiger partial charge in [0.1, 0.15) is 12.4 Å². The first-order valence-corrected chi connectivity index (χ1v) is 8.42. The number of urea groups is 1. The highest BCUT2D eigenvalue weighted by Gasteiger charge is 2.21. The van der Waals surface area contributed by atoms with Crippen LogP contribution in [0.5, 0.6) is 5.75 Å². The molecule has 1 saturated heterocycles. The molecule has 1 N–H and O–H groups in total. The summed E-state index contributed by atoms with van der Waals surface area (Å²) in [5.41, 5.74) is 0. The molecule has 134 valence electrons. The van der Waals surface area contributed by atoms with Crippen LogP contribution < -0.4 is 10.1 Å². The van der Waals surface area contributed by atoms with Gasteiger partial charge in [0.05, 0.1) is 6.54 Å². The van der Waals surface area contributed by atoms with E-state index >= 15 is 0 Å². The molecule has 0 radical (unpaired) electrons. The molecule has 0 spiro atoms. The molecular formula is C17H23N5O3. The lowest BCUT2D eigenvalue weighted by atomic mass is 10.3. The van der Waals surface area contributed by atoms with Gasteiger partial charge in [0.15, 0.2) is 0 Å². The van der Waals surface area contributed by atoms with Crippen LogP contribution in [0.3, 0.4) is 0 Å². The summed E-state index contributed by atoms with van der Waals surface area (Å²) < 4.78 is 11.0. The van der Waals surface area contributed by atoms with Gasteiger partial charge in [-0.2, -0.15) is 0 Å². The molecule has 0 bridgehead atoms. The monoisotopic (exact) mass is 345 g/mol. The van der Waals surface area contributed by atoms with E-state index in [0.717, 1.165) is 25.4 Å². The van der Waals surface area contributed by atoms with Crippen molar-refractivity contribution in [2.24, 2.45) is 0 Å². The Balaban J connectivity index is 1.33. The molecule has 1 aromatic carbocycles. The molecule has 2 amide bonds. The Morgan fingerprint density at radius 2 is 1.96 bits per heavy atom.